The highest BCUT2D eigenvalue weighted by Gasteiger charge is 2.56. The molecule has 0 radical (unpaired) electrons. The minimum absolute atomic E-state index is 0.0175. The monoisotopic (exact) mass is 975 g/mol. The Kier molecular flexibility index (Phi) is 20.1. The molecule has 68 heavy (non-hydrogen) atoms. The summed E-state index contributed by atoms with van der Waals surface area (Å²) < 4.78 is 66.2. The Hall–Kier alpha value is -4.67. The van der Waals surface area contributed by atoms with E-state index in [0.717, 1.165) is 6.92 Å². The molecule has 3 aliphatic rings. The fourth-order valence-corrected chi connectivity index (χ4v) is 7.89. The average molecular weight is 975 g/mol. The van der Waals surface area contributed by atoms with Gasteiger partial charge in [0.2, 0.25) is 0 Å². The minimum atomic E-state index is -1.52. The van der Waals surface area contributed by atoms with Gasteiger partial charge in [-0.05, 0) is 115 Å². The SMILES string of the molecule is CCC1O[C@H](O[C@@H]2C(OC(C)=O)C(O[C@H]3OC(CNC(=O)OC(C)(C)C)CCC3NC(=O)OC(C)(C)C)[C@H](NC(=O)OC(C)(C)C)C[C@H]2C)C(OC(C)=O)[C@@H](NC(=O)OC(C)(C)C)[C@H]1OC(C)=O. The van der Waals surface area contributed by atoms with E-state index in [1.165, 1.54) is 13.8 Å². The van der Waals surface area contributed by atoms with Crippen molar-refractivity contribution in [2.75, 3.05) is 6.54 Å². The van der Waals surface area contributed by atoms with Crippen LogP contribution < -0.4 is 21.3 Å². The Morgan fingerprint density at radius 1 is 0.515 bits per heavy atom. The Balaban J connectivity index is 2.18. The topological polar surface area (TPSA) is 269 Å². The molecule has 3 fully saturated rings. The van der Waals surface area contributed by atoms with Gasteiger partial charge in [-0.15, -0.1) is 0 Å². The van der Waals surface area contributed by atoms with E-state index >= 15 is 0 Å². The van der Waals surface area contributed by atoms with Crippen molar-refractivity contribution < 1.29 is 85.7 Å². The van der Waals surface area contributed by atoms with Gasteiger partial charge in [0.25, 0.3) is 0 Å². The van der Waals surface area contributed by atoms with E-state index in [9.17, 15) is 33.6 Å². The van der Waals surface area contributed by atoms with E-state index in [-0.39, 0.29) is 25.8 Å². The second kappa shape index (κ2) is 23.8. The molecular formula is C46H78N4O18. The molecule has 0 aromatic rings. The fraction of sp³-hybridized carbons (Fsp3) is 0.848. The van der Waals surface area contributed by atoms with Crippen molar-refractivity contribution in [3.05, 3.63) is 0 Å². The van der Waals surface area contributed by atoms with Crippen LogP contribution in [0.4, 0.5) is 19.2 Å². The molecule has 2 saturated heterocycles. The Morgan fingerprint density at radius 3 is 1.44 bits per heavy atom. The van der Waals surface area contributed by atoms with Gasteiger partial charge in [-0.1, -0.05) is 13.8 Å². The molecule has 4 amide bonds. The zero-order valence-corrected chi connectivity index (χ0v) is 42.9. The van der Waals surface area contributed by atoms with Gasteiger partial charge in [0.1, 0.15) is 40.7 Å². The van der Waals surface area contributed by atoms with Crippen LogP contribution in [-0.4, -0.2) is 145 Å². The highest BCUT2D eigenvalue weighted by atomic mass is 16.7. The Labute approximate surface area is 400 Å². The van der Waals surface area contributed by atoms with E-state index in [2.05, 4.69) is 21.3 Å². The number of esters is 3. The predicted octanol–water partition coefficient (Wildman–Crippen LogP) is 5.44. The van der Waals surface area contributed by atoms with Gasteiger partial charge >= 0.3 is 42.3 Å². The molecule has 1 saturated carbocycles. The number of nitrogens with one attached hydrogen (secondary N) is 4. The van der Waals surface area contributed by atoms with Gasteiger partial charge in [0.15, 0.2) is 30.9 Å². The molecule has 0 aromatic carbocycles. The van der Waals surface area contributed by atoms with Gasteiger partial charge in [0.05, 0.1) is 24.3 Å². The summed E-state index contributed by atoms with van der Waals surface area (Å²) in [6.07, 6.45) is -13.4. The van der Waals surface area contributed by atoms with Crippen LogP contribution in [0.2, 0.25) is 0 Å². The van der Waals surface area contributed by atoms with Crippen LogP contribution in [0.3, 0.4) is 0 Å². The van der Waals surface area contributed by atoms with E-state index in [0.29, 0.717) is 6.42 Å². The Bertz CT molecular complexity index is 1750. The summed E-state index contributed by atoms with van der Waals surface area (Å²) in [5.74, 6) is -2.90. The highest BCUT2D eigenvalue weighted by Crippen LogP contribution is 2.38. The van der Waals surface area contributed by atoms with Crippen molar-refractivity contribution in [3.63, 3.8) is 0 Å². The van der Waals surface area contributed by atoms with Crippen molar-refractivity contribution >= 4 is 42.3 Å². The molecule has 22 nitrogen and oxygen atoms in total. The number of amides is 4. The van der Waals surface area contributed by atoms with Crippen molar-refractivity contribution in [3.8, 4) is 0 Å². The maximum Gasteiger partial charge on any atom is 0.408 e. The number of hydrogen-bond donors (Lipinski definition) is 4. The number of ether oxygens (including phenoxy) is 11. The lowest BCUT2D eigenvalue weighted by atomic mass is 9.79. The number of carbonyl (C=O) groups is 7. The molecule has 0 bridgehead atoms. The molecule has 13 atom stereocenters. The zero-order chi connectivity index (χ0) is 51.7. The third kappa shape index (κ3) is 19.4. The van der Waals surface area contributed by atoms with E-state index in [1.54, 1.807) is 96.9 Å². The molecule has 4 N–H and O–H groups in total. The summed E-state index contributed by atoms with van der Waals surface area (Å²) >= 11 is 0. The van der Waals surface area contributed by atoms with Gasteiger partial charge < -0.3 is 73.4 Å². The second-order valence-electron chi connectivity index (χ2n) is 21.4. The smallest absolute Gasteiger partial charge is 0.408 e. The van der Waals surface area contributed by atoms with Gasteiger partial charge in [-0.25, -0.2) is 19.2 Å². The summed E-state index contributed by atoms with van der Waals surface area (Å²) in [4.78, 5) is 91.4. The maximum absolute atomic E-state index is 13.5. The number of hydrogen-bond acceptors (Lipinski definition) is 18. The van der Waals surface area contributed by atoms with Crippen molar-refractivity contribution in [1.29, 1.82) is 0 Å². The summed E-state index contributed by atoms with van der Waals surface area (Å²) in [6.45, 7) is 27.3. The molecule has 1 aliphatic carbocycles. The first-order chi connectivity index (χ1) is 31.1. The van der Waals surface area contributed by atoms with Crippen LogP contribution in [0.25, 0.3) is 0 Å². The molecule has 2 heterocycles. The van der Waals surface area contributed by atoms with Gasteiger partial charge in [0, 0.05) is 27.3 Å². The molecule has 0 aromatic heterocycles. The molecule has 2 aliphatic heterocycles. The second-order valence-corrected chi connectivity index (χ2v) is 21.4. The normalized spacial score (nSPS) is 30.0. The van der Waals surface area contributed by atoms with Crippen LogP contribution in [0, 0.1) is 5.92 Å². The largest absolute Gasteiger partial charge is 0.457 e. The summed E-state index contributed by atoms with van der Waals surface area (Å²) in [7, 11) is 0. The lowest BCUT2D eigenvalue weighted by molar-refractivity contribution is -0.320. The number of carbonyl (C=O) groups excluding carboxylic acids is 7. The maximum atomic E-state index is 13.5. The van der Waals surface area contributed by atoms with Crippen molar-refractivity contribution in [2.24, 2.45) is 5.92 Å². The molecular weight excluding hydrogens is 897 g/mol. The van der Waals surface area contributed by atoms with Crippen LogP contribution in [0.15, 0.2) is 0 Å². The average Bonchev–Trinajstić information content (AvgIpc) is 3.13. The Morgan fingerprint density at radius 2 is 0.956 bits per heavy atom. The molecule has 22 heteroatoms. The first-order valence-corrected chi connectivity index (χ1v) is 23.2. The third-order valence-corrected chi connectivity index (χ3v) is 10.2. The van der Waals surface area contributed by atoms with Crippen molar-refractivity contribution in [1.82, 2.24) is 21.3 Å². The van der Waals surface area contributed by atoms with E-state index < -0.39 is 144 Å². The van der Waals surface area contributed by atoms with Gasteiger partial charge in [-0.2, -0.15) is 0 Å². The lowest BCUT2D eigenvalue weighted by Gasteiger charge is -2.50. The van der Waals surface area contributed by atoms with Gasteiger partial charge in [-0.3, -0.25) is 14.4 Å². The summed E-state index contributed by atoms with van der Waals surface area (Å²) in [5.41, 5.74) is -3.51. The molecule has 6 unspecified atom stereocenters. The van der Waals surface area contributed by atoms with E-state index in [1.807, 2.05) is 0 Å². The number of rotatable bonds is 13. The van der Waals surface area contributed by atoms with Crippen molar-refractivity contribution in [2.45, 2.75) is 239 Å². The first kappa shape index (κ1) is 57.6. The molecule has 3 rings (SSSR count). The minimum Gasteiger partial charge on any atom is -0.457 e. The fourth-order valence-electron chi connectivity index (χ4n) is 7.89. The lowest BCUT2D eigenvalue weighted by Crippen LogP contribution is -2.68. The number of alkyl carbamates (subject to hydrolysis) is 4. The van der Waals surface area contributed by atoms with Crippen LogP contribution >= 0.6 is 0 Å². The predicted molar refractivity (Wildman–Crippen MR) is 241 cm³/mol. The van der Waals surface area contributed by atoms with E-state index in [4.69, 9.17) is 52.1 Å². The quantitative estimate of drug-likeness (QED) is 0.132. The zero-order valence-electron chi connectivity index (χ0n) is 42.9. The summed E-state index contributed by atoms with van der Waals surface area (Å²) in [6, 6.07) is -3.16. The van der Waals surface area contributed by atoms with Crippen LogP contribution in [0.5, 0.6) is 0 Å². The van der Waals surface area contributed by atoms with Crippen LogP contribution in [-0.2, 0) is 66.5 Å². The van der Waals surface area contributed by atoms with Crippen LogP contribution in [0.1, 0.15) is 143 Å². The summed E-state index contributed by atoms with van der Waals surface area (Å²) in [5, 5.41) is 11.1. The highest BCUT2D eigenvalue weighted by molar-refractivity contribution is 5.71. The standard InChI is InChI=1S/C46H78N4O18/c1-18-30-34(58-24(3)51)31(50-42(57)68-46(15,16)17)35(59-25(4)52)38(62-30)63-32-23(2)21-29(49-41(56)67-45(12,13)14)33(36(32)60-26(5)53)64-37-28(48-40(55)66-44(9,10)11)20-19-27(61-37)22-47-39(54)65-43(6,7)8/h23,27-38H,18-22H2,1-17H3,(H,47,54)(H,48,55)(H,49,56)(H,50,57)/t23-,27?,28?,29-,30?,31+,32+,33?,34+,35?,36?,37-,38-/m1/s1. The first-order valence-electron chi connectivity index (χ1n) is 23.2. The molecule has 0 spiro atoms. The molecule has 390 valence electrons. The third-order valence-electron chi connectivity index (χ3n) is 10.2.